The van der Waals surface area contributed by atoms with Crippen LogP contribution >= 0.6 is 11.6 Å². The van der Waals surface area contributed by atoms with Gasteiger partial charge in [0.25, 0.3) is 0 Å². The summed E-state index contributed by atoms with van der Waals surface area (Å²) in [6.07, 6.45) is -0.561. The van der Waals surface area contributed by atoms with Gasteiger partial charge in [0.2, 0.25) is 0 Å². The Labute approximate surface area is 72.3 Å². The van der Waals surface area contributed by atoms with Crippen molar-refractivity contribution in [2.24, 2.45) is 0 Å². The van der Waals surface area contributed by atoms with Crippen LogP contribution in [0.5, 0.6) is 0 Å². The summed E-state index contributed by atoms with van der Waals surface area (Å²) in [6, 6.07) is 0. The molecule has 11 heavy (non-hydrogen) atoms. The molecule has 0 aliphatic rings. The summed E-state index contributed by atoms with van der Waals surface area (Å²) in [6.45, 7) is 2.69. The first kappa shape index (κ1) is 11.2. The normalized spacial score (nSPS) is 16.4. The average Bonchev–Trinajstić information content (AvgIpc) is 2.01. The molecule has 68 valence electrons. The van der Waals surface area contributed by atoms with E-state index in [1.54, 1.807) is 7.11 Å². The van der Waals surface area contributed by atoms with E-state index in [9.17, 15) is 0 Å². The second-order valence-electron chi connectivity index (χ2n) is 2.41. The maximum absolute atomic E-state index is 8.98. The fourth-order valence-electron chi connectivity index (χ4n) is 0.603. The van der Waals surface area contributed by atoms with Crippen LogP contribution in [-0.4, -0.2) is 43.5 Å². The van der Waals surface area contributed by atoms with E-state index in [2.05, 4.69) is 0 Å². The first-order valence-corrected chi connectivity index (χ1v) is 4.08. The molecule has 0 bridgehead atoms. The fraction of sp³-hybridized carbons (Fsp3) is 1.00. The highest BCUT2D eigenvalue weighted by atomic mass is 35.5. The standard InChI is InChI=1S/C7H15ClO3/c1-6(4-10-2)11-5-7(9)3-8/h6-7,9H,3-5H2,1-2H3/t6-,7-/m0/s1. The number of alkyl halides is 1. The fourth-order valence-corrected chi connectivity index (χ4v) is 0.692. The monoisotopic (exact) mass is 182 g/mol. The Bertz CT molecular complexity index is 89.8. The summed E-state index contributed by atoms with van der Waals surface area (Å²) in [5.41, 5.74) is 0. The molecule has 0 saturated carbocycles. The molecule has 0 aliphatic carbocycles. The van der Waals surface area contributed by atoms with Gasteiger partial charge in [0.1, 0.15) is 0 Å². The molecular weight excluding hydrogens is 168 g/mol. The summed E-state index contributed by atoms with van der Waals surface area (Å²) in [7, 11) is 1.61. The van der Waals surface area contributed by atoms with E-state index in [-0.39, 0.29) is 18.6 Å². The van der Waals surface area contributed by atoms with Gasteiger partial charge >= 0.3 is 0 Å². The van der Waals surface area contributed by atoms with Gasteiger partial charge in [-0.05, 0) is 6.92 Å². The first-order valence-electron chi connectivity index (χ1n) is 3.55. The molecule has 0 aromatic carbocycles. The predicted molar refractivity (Wildman–Crippen MR) is 44.0 cm³/mol. The van der Waals surface area contributed by atoms with Crippen LogP contribution in [0.2, 0.25) is 0 Å². The molecular formula is C7H15ClO3. The molecule has 0 aromatic rings. The molecule has 0 saturated heterocycles. The van der Waals surface area contributed by atoms with E-state index in [1.807, 2.05) is 6.92 Å². The molecule has 0 unspecified atom stereocenters. The van der Waals surface area contributed by atoms with Crippen LogP contribution in [0.1, 0.15) is 6.92 Å². The van der Waals surface area contributed by atoms with E-state index in [0.717, 1.165) is 0 Å². The van der Waals surface area contributed by atoms with Gasteiger partial charge in [0, 0.05) is 7.11 Å². The Morgan fingerprint density at radius 2 is 2.09 bits per heavy atom. The number of hydrogen-bond donors (Lipinski definition) is 1. The average molecular weight is 183 g/mol. The van der Waals surface area contributed by atoms with Crippen LogP contribution < -0.4 is 0 Å². The van der Waals surface area contributed by atoms with E-state index >= 15 is 0 Å². The van der Waals surface area contributed by atoms with Crippen molar-refractivity contribution in [2.75, 3.05) is 26.2 Å². The molecule has 3 nitrogen and oxygen atoms in total. The van der Waals surface area contributed by atoms with Gasteiger partial charge in [0.05, 0.1) is 31.3 Å². The first-order chi connectivity index (χ1) is 5.20. The number of hydrogen-bond acceptors (Lipinski definition) is 3. The second-order valence-corrected chi connectivity index (χ2v) is 2.72. The Morgan fingerprint density at radius 3 is 2.55 bits per heavy atom. The maximum atomic E-state index is 8.98. The molecule has 0 aliphatic heterocycles. The molecule has 0 rings (SSSR count). The minimum absolute atomic E-state index is 0.0119. The van der Waals surface area contributed by atoms with Gasteiger partial charge in [-0.25, -0.2) is 0 Å². The summed E-state index contributed by atoms with van der Waals surface area (Å²) in [5.74, 6) is 0.208. The molecule has 2 atom stereocenters. The Hall–Kier alpha value is 0.170. The number of rotatable bonds is 6. The van der Waals surface area contributed by atoms with Crippen LogP contribution in [-0.2, 0) is 9.47 Å². The lowest BCUT2D eigenvalue weighted by molar-refractivity contribution is -0.0260. The highest BCUT2D eigenvalue weighted by Crippen LogP contribution is 1.95. The molecule has 0 amide bonds. The molecule has 1 N–H and O–H groups in total. The van der Waals surface area contributed by atoms with Gasteiger partial charge in [-0.2, -0.15) is 0 Å². The van der Waals surface area contributed by atoms with Crippen molar-refractivity contribution >= 4 is 11.6 Å². The number of ether oxygens (including phenoxy) is 2. The molecule has 0 heterocycles. The van der Waals surface area contributed by atoms with Crippen molar-refractivity contribution in [1.29, 1.82) is 0 Å². The maximum Gasteiger partial charge on any atom is 0.0908 e. The topological polar surface area (TPSA) is 38.7 Å². The van der Waals surface area contributed by atoms with Gasteiger partial charge in [-0.15, -0.1) is 11.6 Å². The van der Waals surface area contributed by atoms with Crippen LogP contribution in [0, 0.1) is 0 Å². The molecule has 4 heteroatoms. The highest BCUT2D eigenvalue weighted by Gasteiger charge is 2.05. The van der Waals surface area contributed by atoms with Gasteiger partial charge < -0.3 is 14.6 Å². The number of aliphatic hydroxyl groups excluding tert-OH is 1. The van der Waals surface area contributed by atoms with Crippen molar-refractivity contribution in [3.63, 3.8) is 0 Å². The number of aliphatic hydroxyl groups is 1. The largest absolute Gasteiger partial charge is 0.389 e. The van der Waals surface area contributed by atoms with Crippen molar-refractivity contribution in [3.05, 3.63) is 0 Å². The summed E-state index contributed by atoms with van der Waals surface area (Å²) in [5, 5.41) is 8.98. The smallest absolute Gasteiger partial charge is 0.0908 e. The molecule has 0 radical (unpaired) electrons. The molecule has 0 fully saturated rings. The third kappa shape index (κ3) is 6.56. The van der Waals surface area contributed by atoms with Crippen molar-refractivity contribution in [2.45, 2.75) is 19.1 Å². The van der Waals surface area contributed by atoms with Gasteiger partial charge in [-0.1, -0.05) is 0 Å². The third-order valence-electron chi connectivity index (χ3n) is 1.15. The Morgan fingerprint density at radius 1 is 1.45 bits per heavy atom. The minimum atomic E-state index is -0.573. The van der Waals surface area contributed by atoms with Gasteiger partial charge in [-0.3, -0.25) is 0 Å². The van der Waals surface area contributed by atoms with E-state index < -0.39 is 6.10 Å². The lowest BCUT2D eigenvalue weighted by Crippen LogP contribution is -2.23. The van der Waals surface area contributed by atoms with E-state index in [4.69, 9.17) is 26.2 Å². The van der Waals surface area contributed by atoms with Crippen LogP contribution in [0.15, 0.2) is 0 Å². The van der Waals surface area contributed by atoms with Crippen LogP contribution in [0.25, 0.3) is 0 Å². The zero-order valence-electron chi connectivity index (χ0n) is 6.92. The quantitative estimate of drug-likeness (QED) is 0.613. The molecule has 0 aromatic heterocycles. The lowest BCUT2D eigenvalue weighted by atomic mass is 10.4. The SMILES string of the molecule is COC[C@H](C)OC[C@@H](O)CCl. The zero-order chi connectivity index (χ0) is 8.69. The lowest BCUT2D eigenvalue weighted by Gasteiger charge is -2.13. The highest BCUT2D eigenvalue weighted by molar-refractivity contribution is 6.18. The summed E-state index contributed by atoms with van der Waals surface area (Å²) in [4.78, 5) is 0. The molecule has 0 spiro atoms. The zero-order valence-corrected chi connectivity index (χ0v) is 7.67. The third-order valence-corrected chi connectivity index (χ3v) is 1.51. The summed E-state index contributed by atoms with van der Waals surface area (Å²) >= 11 is 5.35. The Kier molecular flexibility index (Phi) is 6.96. The van der Waals surface area contributed by atoms with Crippen LogP contribution in [0.4, 0.5) is 0 Å². The number of methoxy groups -OCH3 is 1. The van der Waals surface area contributed by atoms with Crippen molar-refractivity contribution < 1.29 is 14.6 Å². The summed E-state index contributed by atoms with van der Waals surface area (Å²) < 4.78 is 10.0. The predicted octanol–water partition coefficient (Wildman–Crippen LogP) is 0.638. The van der Waals surface area contributed by atoms with Crippen molar-refractivity contribution in [3.8, 4) is 0 Å². The Balaban J connectivity index is 3.22. The van der Waals surface area contributed by atoms with Gasteiger partial charge in [0.15, 0.2) is 0 Å². The van der Waals surface area contributed by atoms with E-state index in [1.165, 1.54) is 0 Å². The van der Waals surface area contributed by atoms with Crippen LogP contribution in [0.3, 0.4) is 0 Å². The number of halogens is 1. The second kappa shape index (κ2) is 6.85. The van der Waals surface area contributed by atoms with E-state index in [0.29, 0.717) is 6.61 Å². The van der Waals surface area contributed by atoms with Crippen molar-refractivity contribution in [1.82, 2.24) is 0 Å². The minimum Gasteiger partial charge on any atom is -0.389 e.